The fraction of sp³-hybridized carbons (Fsp3) is 0.273. The summed E-state index contributed by atoms with van der Waals surface area (Å²) in [5.74, 6) is -1.52. The van der Waals surface area contributed by atoms with Crippen molar-refractivity contribution in [2.45, 2.75) is 18.6 Å². The van der Waals surface area contributed by atoms with Gasteiger partial charge in [-0.1, -0.05) is 18.2 Å². The number of carboxylic acid groups (broad SMARTS) is 1. The first kappa shape index (κ1) is 12.4. The number of aliphatic carboxylic acids is 1. The zero-order valence-corrected chi connectivity index (χ0v) is 9.05. The first-order valence-corrected chi connectivity index (χ1v) is 5.10. The Hall–Kier alpha value is -2.05. The van der Waals surface area contributed by atoms with E-state index in [0.717, 1.165) is 0 Å². The Kier molecular flexibility index (Phi) is 2.98. The summed E-state index contributed by atoms with van der Waals surface area (Å²) >= 11 is 0. The van der Waals surface area contributed by atoms with Crippen LogP contribution in [0.25, 0.3) is 10.9 Å². The fourth-order valence-corrected chi connectivity index (χ4v) is 1.75. The minimum absolute atomic E-state index is 0.265. The molecule has 1 aromatic heterocycles. The first-order valence-electron chi connectivity index (χ1n) is 5.10. The van der Waals surface area contributed by atoms with Crippen LogP contribution in [0.2, 0.25) is 0 Å². The lowest BCUT2D eigenvalue weighted by molar-refractivity contribution is -0.178. The van der Waals surface area contributed by atoms with Crippen LogP contribution in [-0.4, -0.2) is 27.0 Å². The molecule has 0 saturated carbocycles. The van der Waals surface area contributed by atoms with Crippen molar-refractivity contribution in [3.8, 4) is 0 Å². The molecule has 0 aliphatic heterocycles. The number of rotatable bonds is 3. The minimum atomic E-state index is -4.66. The molecule has 2 aromatic rings. The van der Waals surface area contributed by atoms with Gasteiger partial charge in [-0.15, -0.1) is 0 Å². The number of carbonyl (C=O) groups is 1. The molecular formula is C11H9F3N2O2. The number of hydrogen-bond acceptors (Lipinski definition) is 2. The van der Waals surface area contributed by atoms with Crippen molar-refractivity contribution in [2.24, 2.45) is 0 Å². The standard InChI is InChI=1S/C11H9F3N2O2/c12-11(13,14)9(5-10(17)18)16-8-4-2-1-3-7(8)6-15-16/h1-4,6,9H,5H2,(H,17,18). The van der Waals surface area contributed by atoms with Crippen LogP contribution in [0.5, 0.6) is 0 Å². The van der Waals surface area contributed by atoms with Crippen LogP contribution >= 0.6 is 0 Å². The summed E-state index contributed by atoms with van der Waals surface area (Å²) in [4.78, 5) is 10.5. The summed E-state index contributed by atoms with van der Waals surface area (Å²) in [5, 5.41) is 12.8. The summed E-state index contributed by atoms with van der Waals surface area (Å²) in [5.41, 5.74) is 0.265. The zero-order valence-electron chi connectivity index (χ0n) is 9.05. The highest BCUT2D eigenvalue weighted by molar-refractivity contribution is 5.78. The SMILES string of the molecule is O=C(O)CC(n1ncc2ccccc21)C(F)(F)F. The lowest BCUT2D eigenvalue weighted by Gasteiger charge is -2.19. The topological polar surface area (TPSA) is 55.1 Å². The molecule has 1 atom stereocenters. The van der Waals surface area contributed by atoms with E-state index in [1.165, 1.54) is 12.3 Å². The van der Waals surface area contributed by atoms with E-state index in [1.807, 2.05) is 0 Å². The number of halogens is 3. The van der Waals surface area contributed by atoms with Crippen LogP contribution in [0, 0.1) is 0 Å². The molecule has 1 N–H and O–H groups in total. The number of nitrogens with zero attached hydrogens (tertiary/aromatic N) is 2. The number of benzene rings is 1. The van der Waals surface area contributed by atoms with E-state index in [1.54, 1.807) is 18.2 Å². The van der Waals surface area contributed by atoms with E-state index in [-0.39, 0.29) is 5.52 Å². The van der Waals surface area contributed by atoms with Crippen molar-refractivity contribution >= 4 is 16.9 Å². The maximum Gasteiger partial charge on any atom is 0.411 e. The van der Waals surface area contributed by atoms with Crippen LogP contribution in [-0.2, 0) is 4.79 Å². The molecule has 18 heavy (non-hydrogen) atoms. The highest BCUT2D eigenvalue weighted by atomic mass is 19.4. The molecule has 1 aromatic carbocycles. The summed E-state index contributed by atoms with van der Waals surface area (Å²) in [6.07, 6.45) is -4.42. The van der Waals surface area contributed by atoms with Gasteiger partial charge in [-0.3, -0.25) is 9.48 Å². The smallest absolute Gasteiger partial charge is 0.411 e. The zero-order chi connectivity index (χ0) is 13.3. The molecule has 0 radical (unpaired) electrons. The maximum absolute atomic E-state index is 12.8. The lowest BCUT2D eigenvalue weighted by Crippen LogP contribution is -2.29. The van der Waals surface area contributed by atoms with Crippen molar-refractivity contribution in [1.82, 2.24) is 9.78 Å². The van der Waals surface area contributed by atoms with E-state index >= 15 is 0 Å². The molecule has 0 aliphatic carbocycles. The van der Waals surface area contributed by atoms with Crippen molar-refractivity contribution in [2.75, 3.05) is 0 Å². The van der Waals surface area contributed by atoms with E-state index in [4.69, 9.17) is 5.11 Å². The Labute approximate surface area is 99.6 Å². The molecule has 7 heteroatoms. The normalized spacial score (nSPS) is 13.7. The fourth-order valence-electron chi connectivity index (χ4n) is 1.75. The second-order valence-electron chi connectivity index (χ2n) is 3.80. The predicted octanol–water partition coefficient (Wildman–Crippen LogP) is 2.61. The highest BCUT2D eigenvalue weighted by Crippen LogP contribution is 2.34. The van der Waals surface area contributed by atoms with Crippen LogP contribution in [0.4, 0.5) is 13.2 Å². The summed E-state index contributed by atoms with van der Waals surface area (Å²) in [7, 11) is 0. The van der Waals surface area contributed by atoms with Crippen LogP contribution in [0.15, 0.2) is 30.5 Å². The average molecular weight is 258 g/mol. The van der Waals surface area contributed by atoms with Crippen LogP contribution in [0.3, 0.4) is 0 Å². The quantitative estimate of drug-likeness (QED) is 0.920. The van der Waals surface area contributed by atoms with Crippen LogP contribution < -0.4 is 0 Å². The summed E-state index contributed by atoms with van der Waals surface area (Å²) in [6.45, 7) is 0. The number of hydrogen-bond donors (Lipinski definition) is 1. The van der Waals surface area contributed by atoms with Crippen molar-refractivity contribution in [3.63, 3.8) is 0 Å². The summed E-state index contributed by atoms with van der Waals surface area (Å²) in [6, 6.07) is 4.19. The monoisotopic (exact) mass is 258 g/mol. The number of alkyl halides is 3. The molecule has 0 spiro atoms. The molecule has 0 saturated heterocycles. The lowest BCUT2D eigenvalue weighted by atomic mass is 10.2. The molecule has 2 rings (SSSR count). The Bertz CT molecular complexity index is 577. The van der Waals surface area contributed by atoms with Gasteiger partial charge < -0.3 is 5.11 Å². The van der Waals surface area contributed by atoms with E-state index in [2.05, 4.69) is 5.10 Å². The third-order valence-electron chi connectivity index (χ3n) is 2.55. The Morgan fingerprint density at radius 1 is 1.39 bits per heavy atom. The number of para-hydroxylation sites is 1. The summed E-state index contributed by atoms with van der Waals surface area (Å²) < 4.78 is 39.3. The first-order chi connectivity index (χ1) is 8.39. The molecular weight excluding hydrogens is 249 g/mol. The molecule has 1 heterocycles. The minimum Gasteiger partial charge on any atom is -0.481 e. The van der Waals surface area contributed by atoms with Gasteiger partial charge in [0.1, 0.15) is 0 Å². The number of carboxylic acids is 1. The van der Waals surface area contributed by atoms with Gasteiger partial charge in [0.05, 0.1) is 18.1 Å². The largest absolute Gasteiger partial charge is 0.481 e. The van der Waals surface area contributed by atoms with Gasteiger partial charge >= 0.3 is 12.1 Å². The molecule has 4 nitrogen and oxygen atoms in total. The number of aromatic nitrogens is 2. The van der Waals surface area contributed by atoms with Crippen LogP contribution in [0.1, 0.15) is 12.5 Å². The second kappa shape index (κ2) is 4.32. The third kappa shape index (κ3) is 2.29. The third-order valence-corrected chi connectivity index (χ3v) is 2.55. The predicted molar refractivity (Wildman–Crippen MR) is 57.1 cm³/mol. The Morgan fingerprint density at radius 3 is 2.67 bits per heavy atom. The van der Waals surface area contributed by atoms with Crippen molar-refractivity contribution in [1.29, 1.82) is 0 Å². The molecule has 0 fully saturated rings. The van der Waals surface area contributed by atoms with Gasteiger partial charge in [-0.2, -0.15) is 18.3 Å². The number of fused-ring (bicyclic) bond motifs is 1. The second-order valence-corrected chi connectivity index (χ2v) is 3.80. The van der Waals surface area contributed by atoms with E-state index in [9.17, 15) is 18.0 Å². The average Bonchev–Trinajstić information content (AvgIpc) is 2.67. The molecule has 96 valence electrons. The van der Waals surface area contributed by atoms with Gasteiger partial charge in [0, 0.05) is 5.39 Å². The van der Waals surface area contributed by atoms with Crippen molar-refractivity contribution in [3.05, 3.63) is 30.5 Å². The Balaban J connectivity index is 2.51. The molecule has 0 amide bonds. The molecule has 1 unspecified atom stereocenters. The van der Waals surface area contributed by atoms with E-state index in [0.29, 0.717) is 10.1 Å². The van der Waals surface area contributed by atoms with Gasteiger partial charge in [0.25, 0.3) is 0 Å². The maximum atomic E-state index is 12.8. The molecule has 0 aliphatic rings. The van der Waals surface area contributed by atoms with E-state index < -0.39 is 24.6 Å². The van der Waals surface area contributed by atoms with Gasteiger partial charge in [0.2, 0.25) is 0 Å². The molecule has 0 bridgehead atoms. The van der Waals surface area contributed by atoms with Crippen molar-refractivity contribution < 1.29 is 23.1 Å². The Morgan fingerprint density at radius 2 is 2.06 bits per heavy atom. The van der Waals surface area contributed by atoms with Gasteiger partial charge in [-0.25, -0.2) is 0 Å². The van der Waals surface area contributed by atoms with Gasteiger partial charge in [-0.05, 0) is 6.07 Å². The highest BCUT2D eigenvalue weighted by Gasteiger charge is 2.43. The van der Waals surface area contributed by atoms with Gasteiger partial charge in [0.15, 0.2) is 6.04 Å².